The minimum absolute atomic E-state index is 0.0824. The van der Waals surface area contributed by atoms with Gasteiger partial charge in [-0.1, -0.05) is 43.7 Å². The van der Waals surface area contributed by atoms with Gasteiger partial charge in [-0.3, -0.25) is 14.6 Å². The van der Waals surface area contributed by atoms with Crippen LogP contribution in [0.25, 0.3) is 21.3 Å². The predicted molar refractivity (Wildman–Crippen MR) is 128 cm³/mol. The lowest BCUT2D eigenvalue weighted by Crippen LogP contribution is -2.44. The van der Waals surface area contributed by atoms with Crippen LogP contribution in [-0.4, -0.2) is 35.5 Å². The number of benzene rings is 1. The molecule has 31 heavy (non-hydrogen) atoms. The number of aromatic amines is 1. The van der Waals surface area contributed by atoms with Crippen LogP contribution >= 0.6 is 11.3 Å². The number of rotatable bonds is 6. The zero-order chi connectivity index (χ0) is 22.0. The molecule has 0 spiro atoms. The van der Waals surface area contributed by atoms with E-state index in [9.17, 15) is 9.59 Å². The van der Waals surface area contributed by atoms with E-state index >= 15 is 0 Å². The van der Waals surface area contributed by atoms with Crippen molar-refractivity contribution in [2.75, 3.05) is 24.5 Å². The van der Waals surface area contributed by atoms with E-state index in [2.05, 4.69) is 55.3 Å². The van der Waals surface area contributed by atoms with Crippen LogP contribution in [0.2, 0.25) is 0 Å². The first-order chi connectivity index (χ1) is 14.9. The summed E-state index contributed by atoms with van der Waals surface area (Å²) >= 11 is 1.42. The number of aromatic nitrogens is 2. The number of H-pyrrole nitrogens is 1. The summed E-state index contributed by atoms with van der Waals surface area (Å²) in [6.45, 7) is 8.44. The number of nitrogens with one attached hydrogen (secondary N) is 2. The molecule has 6 nitrogen and oxygen atoms in total. The predicted octanol–water partition coefficient (Wildman–Crippen LogP) is 4.34. The molecule has 3 aromatic rings. The van der Waals surface area contributed by atoms with Crippen molar-refractivity contribution in [1.82, 2.24) is 15.3 Å². The largest absolute Gasteiger partial charge is 0.356 e. The molecule has 4 rings (SSSR count). The van der Waals surface area contributed by atoms with Gasteiger partial charge in [-0.05, 0) is 37.7 Å². The Hall–Kier alpha value is -2.67. The van der Waals surface area contributed by atoms with E-state index in [1.165, 1.54) is 16.9 Å². The molecule has 2 aromatic heterocycles. The lowest BCUT2D eigenvalue weighted by atomic mass is 9.97. The summed E-state index contributed by atoms with van der Waals surface area (Å²) in [6.07, 6.45) is 2.75. The molecule has 0 bridgehead atoms. The maximum Gasteiger partial charge on any atom is 0.270 e. The molecule has 164 valence electrons. The van der Waals surface area contributed by atoms with Crippen LogP contribution in [0.15, 0.2) is 34.4 Å². The summed E-state index contributed by atoms with van der Waals surface area (Å²) in [5.74, 6) is 1.15. The van der Waals surface area contributed by atoms with Crippen molar-refractivity contribution >= 4 is 33.4 Å². The van der Waals surface area contributed by atoms with Crippen LogP contribution in [0.4, 0.5) is 5.95 Å². The van der Waals surface area contributed by atoms with E-state index in [1.807, 2.05) is 10.3 Å². The molecular formula is C24H30N4O2S. The van der Waals surface area contributed by atoms with Crippen molar-refractivity contribution in [3.05, 3.63) is 45.6 Å². The van der Waals surface area contributed by atoms with E-state index in [0.717, 1.165) is 42.5 Å². The molecule has 0 radical (unpaired) electrons. The number of nitrogens with zero attached hydrogens (tertiary/aromatic N) is 2. The van der Waals surface area contributed by atoms with Gasteiger partial charge < -0.3 is 10.2 Å². The normalized spacial score (nSPS) is 16.8. The fraction of sp³-hybridized carbons (Fsp3) is 0.458. The highest BCUT2D eigenvalue weighted by molar-refractivity contribution is 7.17. The Morgan fingerprint density at radius 2 is 2.10 bits per heavy atom. The first-order valence-electron chi connectivity index (χ1n) is 11.0. The Balaban J connectivity index is 1.57. The summed E-state index contributed by atoms with van der Waals surface area (Å²) in [4.78, 5) is 35.2. The summed E-state index contributed by atoms with van der Waals surface area (Å²) in [5.41, 5.74) is 3.85. The Morgan fingerprint density at radius 1 is 1.32 bits per heavy atom. The Bertz CT molecular complexity index is 1120. The van der Waals surface area contributed by atoms with E-state index in [4.69, 9.17) is 4.98 Å². The molecule has 1 aliphatic heterocycles. The van der Waals surface area contributed by atoms with Gasteiger partial charge in [0.1, 0.15) is 4.70 Å². The maximum atomic E-state index is 12.8. The summed E-state index contributed by atoms with van der Waals surface area (Å²) in [7, 11) is 0. The topological polar surface area (TPSA) is 78.1 Å². The second-order valence-electron chi connectivity index (χ2n) is 8.84. The van der Waals surface area contributed by atoms with Gasteiger partial charge in [0.25, 0.3) is 5.56 Å². The third-order valence-corrected chi connectivity index (χ3v) is 6.86. The number of hydrogen-bond acceptors (Lipinski definition) is 5. The molecule has 1 atom stereocenters. The molecule has 0 aliphatic carbocycles. The van der Waals surface area contributed by atoms with Gasteiger partial charge in [-0.15, -0.1) is 11.3 Å². The molecule has 0 saturated carbocycles. The second-order valence-corrected chi connectivity index (χ2v) is 9.72. The molecule has 1 fully saturated rings. The monoisotopic (exact) mass is 438 g/mol. The highest BCUT2D eigenvalue weighted by atomic mass is 32.1. The van der Waals surface area contributed by atoms with Crippen LogP contribution in [0, 0.1) is 18.8 Å². The number of fused-ring (bicyclic) bond motifs is 1. The van der Waals surface area contributed by atoms with Gasteiger partial charge in [0.2, 0.25) is 11.9 Å². The van der Waals surface area contributed by atoms with E-state index in [1.54, 1.807) is 0 Å². The molecule has 2 N–H and O–H groups in total. The van der Waals surface area contributed by atoms with Crippen molar-refractivity contribution in [2.45, 2.75) is 40.0 Å². The molecule has 7 heteroatoms. The van der Waals surface area contributed by atoms with Crippen LogP contribution < -0.4 is 15.8 Å². The molecular weight excluding hydrogens is 408 g/mol. The number of thiophene rings is 1. The van der Waals surface area contributed by atoms with E-state index in [0.29, 0.717) is 29.7 Å². The highest BCUT2D eigenvalue weighted by Crippen LogP contribution is 2.32. The van der Waals surface area contributed by atoms with Gasteiger partial charge in [-0.25, -0.2) is 4.98 Å². The van der Waals surface area contributed by atoms with Gasteiger partial charge in [-0.2, -0.15) is 0 Å². The van der Waals surface area contributed by atoms with Crippen molar-refractivity contribution in [3.8, 4) is 11.1 Å². The molecule has 1 saturated heterocycles. The molecule has 1 unspecified atom stereocenters. The fourth-order valence-corrected chi connectivity index (χ4v) is 4.92. The summed E-state index contributed by atoms with van der Waals surface area (Å²) in [5, 5.41) is 5.07. The van der Waals surface area contributed by atoms with Crippen molar-refractivity contribution in [1.29, 1.82) is 0 Å². The standard InChI is InChI=1S/C24H30N4O2S/c1-15(2)10-11-25-22(29)18-5-4-12-28(13-18)24-26-20-19(14-31-21(20)23(30)27-24)17-8-6-16(3)7-9-17/h6-9,14-15,18H,4-5,10-13H2,1-3H3,(H,25,29)(H,26,27,30). The fourth-order valence-electron chi connectivity index (χ4n) is 4.02. The zero-order valence-electron chi connectivity index (χ0n) is 18.4. The number of anilines is 1. The number of aryl methyl sites for hydroxylation is 1. The van der Waals surface area contributed by atoms with E-state index < -0.39 is 0 Å². The van der Waals surface area contributed by atoms with E-state index in [-0.39, 0.29) is 17.4 Å². The summed E-state index contributed by atoms with van der Waals surface area (Å²) < 4.78 is 0.638. The second kappa shape index (κ2) is 9.22. The summed E-state index contributed by atoms with van der Waals surface area (Å²) in [6, 6.07) is 8.27. The molecule has 3 heterocycles. The average Bonchev–Trinajstić information content (AvgIpc) is 3.19. The Morgan fingerprint density at radius 3 is 2.84 bits per heavy atom. The number of carbonyl (C=O) groups is 1. The quantitative estimate of drug-likeness (QED) is 0.600. The first-order valence-corrected chi connectivity index (χ1v) is 11.9. The number of amides is 1. The van der Waals surface area contributed by atoms with Crippen molar-refractivity contribution in [3.63, 3.8) is 0 Å². The highest BCUT2D eigenvalue weighted by Gasteiger charge is 2.27. The maximum absolute atomic E-state index is 12.8. The molecule has 1 amide bonds. The SMILES string of the molecule is Cc1ccc(-c2csc3c(=O)[nH]c(N4CCCC(C(=O)NCCC(C)C)C4)nc23)cc1. The van der Waals surface area contributed by atoms with Crippen molar-refractivity contribution < 1.29 is 4.79 Å². The van der Waals surface area contributed by atoms with Gasteiger partial charge in [0.15, 0.2) is 0 Å². The number of piperidine rings is 1. The molecule has 1 aliphatic rings. The Labute approximate surface area is 186 Å². The third-order valence-electron chi connectivity index (χ3n) is 5.89. The number of hydrogen-bond donors (Lipinski definition) is 2. The smallest absolute Gasteiger partial charge is 0.270 e. The van der Waals surface area contributed by atoms with Crippen LogP contribution in [0.3, 0.4) is 0 Å². The van der Waals surface area contributed by atoms with Crippen LogP contribution in [0.5, 0.6) is 0 Å². The van der Waals surface area contributed by atoms with Gasteiger partial charge in [0, 0.05) is 30.6 Å². The first kappa shape index (κ1) is 21.6. The van der Waals surface area contributed by atoms with Gasteiger partial charge >= 0.3 is 0 Å². The Kier molecular flexibility index (Phi) is 6.41. The zero-order valence-corrected chi connectivity index (χ0v) is 19.2. The molecule has 1 aromatic carbocycles. The number of carbonyl (C=O) groups excluding carboxylic acids is 1. The van der Waals surface area contributed by atoms with Crippen molar-refractivity contribution in [2.24, 2.45) is 11.8 Å². The minimum Gasteiger partial charge on any atom is -0.356 e. The lowest BCUT2D eigenvalue weighted by molar-refractivity contribution is -0.125. The third kappa shape index (κ3) is 4.82. The average molecular weight is 439 g/mol. The lowest BCUT2D eigenvalue weighted by Gasteiger charge is -2.32. The van der Waals surface area contributed by atoms with Crippen LogP contribution in [-0.2, 0) is 4.79 Å². The minimum atomic E-state index is -0.119. The van der Waals surface area contributed by atoms with Crippen LogP contribution in [0.1, 0.15) is 38.7 Å². The van der Waals surface area contributed by atoms with Gasteiger partial charge in [0.05, 0.1) is 11.4 Å².